The Bertz CT molecular complexity index is 774. The van der Waals surface area contributed by atoms with Crippen molar-refractivity contribution < 1.29 is 5.11 Å². The summed E-state index contributed by atoms with van der Waals surface area (Å²) in [6, 6.07) is 11.0. The Labute approximate surface area is 148 Å². The fourth-order valence-electron chi connectivity index (χ4n) is 3.09. The minimum absolute atomic E-state index is 0.130. The van der Waals surface area contributed by atoms with Crippen LogP contribution in [0.2, 0.25) is 5.02 Å². The molecule has 2 heterocycles. The number of hydrogen-bond donors (Lipinski definition) is 1. The molecule has 3 rings (SSSR count). The van der Waals surface area contributed by atoms with Gasteiger partial charge < -0.3 is 10.0 Å². The summed E-state index contributed by atoms with van der Waals surface area (Å²) in [5.74, 6) is 0. The number of halogens is 2. The first-order chi connectivity index (χ1) is 11.0. The first-order valence-corrected chi connectivity index (χ1v) is 8.43. The van der Waals surface area contributed by atoms with Crippen LogP contribution in [-0.2, 0) is 5.60 Å². The molecule has 0 unspecified atom stereocenters. The number of aliphatic hydroxyl groups is 1. The van der Waals surface area contributed by atoms with E-state index in [-0.39, 0.29) is 6.04 Å². The van der Waals surface area contributed by atoms with E-state index in [2.05, 4.69) is 31.9 Å². The zero-order chi connectivity index (χ0) is 16.6. The summed E-state index contributed by atoms with van der Waals surface area (Å²) in [5.41, 5.74) is 1.20. The summed E-state index contributed by atoms with van der Waals surface area (Å²) in [7, 11) is 0. The van der Waals surface area contributed by atoms with Crippen LogP contribution in [-0.4, -0.2) is 22.7 Å². The molecule has 1 aliphatic heterocycles. The maximum Gasteiger partial charge on any atom is 0.113 e. The second-order valence-corrected chi connectivity index (χ2v) is 6.91. The fourth-order valence-corrected chi connectivity index (χ4v) is 3.55. The second kappa shape index (κ2) is 6.12. The van der Waals surface area contributed by atoms with E-state index >= 15 is 0 Å². The third kappa shape index (κ3) is 2.83. The van der Waals surface area contributed by atoms with E-state index in [1.165, 1.54) is 0 Å². The van der Waals surface area contributed by atoms with Gasteiger partial charge in [0.1, 0.15) is 16.3 Å². The van der Waals surface area contributed by atoms with Crippen LogP contribution in [0.15, 0.2) is 41.1 Å². The van der Waals surface area contributed by atoms with Gasteiger partial charge in [-0.3, -0.25) is 0 Å². The van der Waals surface area contributed by atoms with Gasteiger partial charge in [-0.1, -0.05) is 17.7 Å². The number of nitrogens with zero attached hydrogens (tertiary/aromatic N) is 3. The molecule has 0 aliphatic carbocycles. The molecule has 23 heavy (non-hydrogen) atoms. The summed E-state index contributed by atoms with van der Waals surface area (Å²) in [5, 5.41) is 20.6. The highest BCUT2D eigenvalue weighted by molar-refractivity contribution is 9.10. The Balaban J connectivity index is 1.92. The lowest BCUT2D eigenvalue weighted by Gasteiger charge is -2.32. The van der Waals surface area contributed by atoms with Crippen LogP contribution in [0.1, 0.15) is 24.5 Å². The second-order valence-electron chi connectivity index (χ2n) is 5.69. The zero-order valence-electron chi connectivity index (χ0n) is 12.5. The summed E-state index contributed by atoms with van der Waals surface area (Å²) < 4.78 is 0.742. The van der Waals surface area contributed by atoms with E-state index in [9.17, 15) is 5.11 Å². The summed E-state index contributed by atoms with van der Waals surface area (Å²) >= 11 is 9.45. The number of pyridine rings is 1. The highest BCUT2D eigenvalue weighted by Crippen LogP contribution is 2.40. The molecular formula is C17H15BrClN3O. The van der Waals surface area contributed by atoms with Crippen LogP contribution in [0.5, 0.6) is 0 Å². The molecule has 2 aromatic rings. The van der Waals surface area contributed by atoms with Gasteiger partial charge in [-0.05, 0) is 53.5 Å². The Kier molecular flexibility index (Phi) is 4.33. The van der Waals surface area contributed by atoms with Crippen molar-refractivity contribution in [2.24, 2.45) is 0 Å². The molecule has 4 nitrogen and oxygen atoms in total. The number of aromatic nitrogens is 1. The molecule has 0 bridgehead atoms. The SMILES string of the molecule is C[C@@H]1N(c2ccc(C#N)c(Cl)c2)CC[C@@]1(O)c1ccc(Br)nc1. The molecule has 0 saturated carbocycles. The molecule has 2 atom stereocenters. The van der Waals surface area contributed by atoms with Crippen LogP contribution in [0.3, 0.4) is 0 Å². The van der Waals surface area contributed by atoms with Crippen molar-refractivity contribution in [3.05, 3.63) is 57.3 Å². The summed E-state index contributed by atoms with van der Waals surface area (Å²) in [6.07, 6.45) is 2.31. The topological polar surface area (TPSA) is 60.2 Å². The van der Waals surface area contributed by atoms with Gasteiger partial charge in [0.15, 0.2) is 0 Å². The zero-order valence-corrected chi connectivity index (χ0v) is 14.8. The van der Waals surface area contributed by atoms with Gasteiger partial charge in [0.05, 0.1) is 16.6 Å². The van der Waals surface area contributed by atoms with Crippen molar-refractivity contribution in [3.8, 4) is 6.07 Å². The third-order valence-electron chi connectivity index (χ3n) is 4.52. The lowest BCUT2D eigenvalue weighted by molar-refractivity contribution is 0.0326. The van der Waals surface area contributed by atoms with Gasteiger partial charge in [0.2, 0.25) is 0 Å². The molecule has 1 aromatic heterocycles. The molecular weight excluding hydrogens is 378 g/mol. The Morgan fingerprint density at radius 1 is 1.43 bits per heavy atom. The monoisotopic (exact) mass is 391 g/mol. The van der Waals surface area contributed by atoms with Crippen LogP contribution >= 0.6 is 27.5 Å². The molecule has 6 heteroatoms. The van der Waals surface area contributed by atoms with E-state index in [0.717, 1.165) is 15.9 Å². The average Bonchev–Trinajstić information content (AvgIpc) is 2.85. The Morgan fingerprint density at radius 3 is 2.83 bits per heavy atom. The highest BCUT2D eigenvalue weighted by atomic mass is 79.9. The van der Waals surface area contributed by atoms with E-state index < -0.39 is 5.60 Å². The van der Waals surface area contributed by atoms with Gasteiger partial charge in [-0.15, -0.1) is 0 Å². The Morgan fingerprint density at radius 2 is 2.22 bits per heavy atom. The number of anilines is 1. The quantitative estimate of drug-likeness (QED) is 0.789. The van der Waals surface area contributed by atoms with E-state index in [4.69, 9.17) is 16.9 Å². The van der Waals surface area contributed by atoms with Crippen molar-refractivity contribution in [2.45, 2.75) is 25.0 Å². The van der Waals surface area contributed by atoms with Crippen LogP contribution < -0.4 is 4.90 Å². The van der Waals surface area contributed by atoms with Crippen molar-refractivity contribution in [3.63, 3.8) is 0 Å². The van der Waals surface area contributed by atoms with Gasteiger partial charge in [0.25, 0.3) is 0 Å². The minimum Gasteiger partial charge on any atom is -0.383 e. The van der Waals surface area contributed by atoms with Crippen LogP contribution in [0, 0.1) is 11.3 Å². The predicted molar refractivity (Wildman–Crippen MR) is 93.4 cm³/mol. The maximum absolute atomic E-state index is 11.1. The molecule has 0 spiro atoms. The van der Waals surface area contributed by atoms with Gasteiger partial charge in [-0.25, -0.2) is 4.98 Å². The lowest BCUT2D eigenvalue weighted by atomic mass is 9.88. The molecule has 1 N–H and O–H groups in total. The van der Waals surface area contributed by atoms with Crippen molar-refractivity contribution in [2.75, 3.05) is 11.4 Å². The van der Waals surface area contributed by atoms with Gasteiger partial charge in [-0.2, -0.15) is 5.26 Å². The molecule has 0 radical (unpaired) electrons. The molecule has 0 amide bonds. The predicted octanol–water partition coefficient (Wildman–Crippen LogP) is 3.86. The molecule has 118 valence electrons. The number of benzene rings is 1. The standard InChI is InChI=1S/C17H15BrClN3O/c1-11-17(23,13-3-5-16(18)21-10-13)6-7-22(11)14-4-2-12(9-20)15(19)8-14/h2-5,8,10-11,23H,6-7H2,1H3/t11-,17-/m0/s1. The number of hydrogen-bond acceptors (Lipinski definition) is 4. The summed E-state index contributed by atoms with van der Waals surface area (Å²) in [4.78, 5) is 6.33. The fraction of sp³-hybridized carbons (Fsp3) is 0.294. The van der Waals surface area contributed by atoms with E-state index in [1.54, 1.807) is 18.3 Å². The number of rotatable bonds is 2. The molecule has 1 saturated heterocycles. The third-order valence-corrected chi connectivity index (χ3v) is 5.31. The van der Waals surface area contributed by atoms with Gasteiger partial charge in [0, 0.05) is 24.0 Å². The number of nitriles is 1. The van der Waals surface area contributed by atoms with Crippen molar-refractivity contribution >= 4 is 33.2 Å². The largest absolute Gasteiger partial charge is 0.383 e. The minimum atomic E-state index is -0.964. The Hall–Kier alpha value is -1.61. The van der Waals surface area contributed by atoms with Crippen LogP contribution in [0.4, 0.5) is 5.69 Å². The first-order valence-electron chi connectivity index (χ1n) is 7.26. The normalized spacial score (nSPS) is 23.8. The van der Waals surface area contributed by atoms with Crippen molar-refractivity contribution in [1.29, 1.82) is 5.26 Å². The smallest absolute Gasteiger partial charge is 0.113 e. The van der Waals surface area contributed by atoms with Gasteiger partial charge >= 0.3 is 0 Å². The van der Waals surface area contributed by atoms with Crippen LogP contribution in [0.25, 0.3) is 0 Å². The average molecular weight is 393 g/mol. The molecule has 1 aliphatic rings. The maximum atomic E-state index is 11.1. The van der Waals surface area contributed by atoms with E-state index in [0.29, 0.717) is 23.6 Å². The van der Waals surface area contributed by atoms with E-state index in [1.807, 2.05) is 25.1 Å². The van der Waals surface area contributed by atoms with Crippen molar-refractivity contribution in [1.82, 2.24) is 4.98 Å². The molecule has 1 fully saturated rings. The molecule has 1 aromatic carbocycles. The lowest BCUT2D eigenvalue weighted by Crippen LogP contribution is -2.40. The highest BCUT2D eigenvalue weighted by Gasteiger charge is 2.45. The summed E-state index contributed by atoms with van der Waals surface area (Å²) in [6.45, 7) is 2.69. The first kappa shape index (κ1) is 16.3.